The first-order chi connectivity index (χ1) is 15.1. The van der Waals surface area contributed by atoms with E-state index in [4.69, 9.17) is 0 Å². The number of aryl methyl sites for hydroxylation is 2. The molecular formula is C25H29FN2O3S. The van der Waals surface area contributed by atoms with Crippen LogP contribution in [0.5, 0.6) is 0 Å². The standard InChI is InChI=1S/C25H29FN2O3S/c1-5-18-6-8-19(9-7-18)32(30,31)24-15-27(4)22-12-23(21(26)11-20(22)25(24)29)28-13-16(2)10-17(3)14-28/h6-9,11-12,15-17H,5,10,13-14H2,1-4H3/t16-,17+. The van der Waals surface area contributed by atoms with Crippen LogP contribution in [0.25, 0.3) is 10.9 Å². The molecule has 1 aromatic heterocycles. The van der Waals surface area contributed by atoms with Crippen LogP contribution in [-0.4, -0.2) is 26.1 Å². The molecule has 1 fully saturated rings. The second-order valence-electron chi connectivity index (χ2n) is 9.11. The molecule has 0 saturated carbocycles. The van der Waals surface area contributed by atoms with Gasteiger partial charge in [0.25, 0.3) is 0 Å². The van der Waals surface area contributed by atoms with Gasteiger partial charge in [0.2, 0.25) is 15.3 Å². The highest BCUT2D eigenvalue weighted by Gasteiger charge is 2.27. The third kappa shape index (κ3) is 3.94. The summed E-state index contributed by atoms with van der Waals surface area (Å²) in [6, 6.07) is 9.37. The summed E-state index contributed by atoms with van der Waals surface area (Å²) in [5.74, 6) is 0.395. The summed E-state index contributed by atoms with van der Waals surface area (Å²) in [6.07, 6.45) is 3.23. The van der Waals surface area contributed by atoms with Gasteiger partial charge < -0.3 is 9.47 Å². The number of anilines is 1. The van der Waals surface area contributed by atoms with Gasteiger partial charge in [-0.2, -0.15) is 0 Å². The van der Waals surface area contributed by atoms with Crippen LogP contribution >= 0.6 is 0 Å². The van der Waals surface area contributed by atoms with Gasteiger partial charge in [-0.3, -0.25) is 4.79 Å². The van der Waals surface area contributed by atoms with E-state index in [0.29, 0.717) is 23.0 Å². The minimum atomic E-state index is -4.03. The molecule has 3 aromatic rings. The van der Waals surface area contributed by atoms with Gasteiger partial charge in [-0.05, 0) is 54.5 Å². The van der Waals surface area contributed by atoms with Crippen LogP contribution in [0, 0.1) is 17.7 Å². The Labute approximate surface area is 188 Å². The highest BCUT2D eigenvalue weighted by atomic mass is 32.2. The number of hydrogen-bond donors (Lipinski definition) is 0. The minimum Gasteiger partial charge on any atom is -0.369 e. The van der Waals surface area contributed by atoms with E-state index in [1.54, 1.807) is 29.8 Å². The number of piperidine rings is 1. The lowest BCUT2D eigenvalue weighted by Gasteiger charge is -2.36. The first-order valence-corrected chi connectivity index (χ1v) is 12.5. The second-order valence-corrected chi connectivity index (χ2v) is 11.0. The zero-order valence-electron chi connectivity index (χ0n) is 18.9. The van der Waals surface area contributed by atoms with Crippen LogP contribution in [-0.2, 0) is 23.3 Å². The molecule has 170 valence electrons. The molecule has 0 radical (unpaired) electrons. The molecule has 32 heavy (non-hydrogen) atoms. The molecule has 2 heterocycles. The summed E-state index contributed by atoms with van der Waals surface area (Å²) in [6.45, 7) is 7.79. The number of sulfone groups is 1. The minimum absolute atomic E-state index is 0.0551. The number of pyridine rings is 1. The molecular weight excluding hydrogens is 427 g/mol. The smallest absolute Gasteiger partial charge is 0.211 e. The molecule has 4 rings (SSSR count). The average Bonchev–Trinajstić information content (AvgIpc) is 2.75. The largest absolute Gasteiger partial charge is 0.369 e. The van der Waals surface area contributed by atoms with Gasteiger partial charge in [0, 0.05) is 26.3 Å². The lowest BCUT2D eigenvalue weighted by atomic mass is 9.91. The SMILES string of the molecule is CCc1ccc(S(=O)(=O)c2cn(C)c3cc(N4C[C@H](C)C[C@H](C)C4)c(F)cc3c2=O)cc1. The van der Waals surface area contributed by atoms with Crippen molar-refractivity contribution in [3.8, 4) is 0 Å². The first-order valence-electron chi connectivity index (χ1n) is 11.0. The molecule has 0 N–H and O–H groups in total. The molecule has 1 aliphatic rings. The number of nitrogens with zero attached hydrogens (tertiary/aromatic N) is 2. The van der Waals surface area contributed by atoms with Gasteiger partial charge in [-0.15, -0.1) is 0 Å². The van der Waals surface area contributed by atoms with E-state index in [9.17, 15) is 13.2 Å². The molecule has 0 spiro atoms. The zero-order chi connectivity index (χ0) is 23.2. The Morgan fingerprint density at radius 3 is 2.28 bits per heavy atom. The van der Waals surface area contributed by atoms with Crippen molar-refractivity contribution in [1.82, 2.24) is 4.57 Å². The lowest BCUT2D eigenvalue weighted by Crippen LogP contribution is -2.39. The summed E-state index contributed by atoms with van der Waals surface area (Å²) in [4.78, 5) is 14.9. The highest BCUT2D eigenvalue weighted by molar-refractivity contribution is 7.91. The number of hydrogen-bond acceptors (Lipinski definition) is 4. The molecule has 7 heteroatoms. The maximum absolute atomic E-state index is 15.2. The Bertz CT molecular complexity index is 1320. The van der Waals surface area contributed by atoms with E-state index in [1.165, 1.54) is 24.4 Å². The second kappa shape index (κ2) is 8.35. The number of benzene rings is 2. The van der Waals surface area contributed by atoms with E-state index in [2.05, 4.69) is 13.8 Å². The molecule has 1 aliphatic heterocycles. The van der Waals surface area contributed by atoms with Crippen molar-refractivity contribution in [2.24, 2.45) is 18.9 Å². The summed E-state index contributed by atoms with van der Waals surface area (Å²) >= 11 is 0. The molecule has 5 nitrogen and oxygen atoms in total. The van der Waals surface area contributed by atoms with Crippen molar-refractivity contribution < 1.29 is 12.8 Å². The number of rotatable bonds is 4. The molecule has 0 bridgehead atoms. The fourth-order valence-electron chi connectivity index (χ4n) is 4.79. The van der Waals surface area contributed by atoms with Crippen molar-refractivity contribution >= 4 is 26.4 Å². The van der Waals surface area contributed by atoms with Crippen LogP contribution < -0.4 is 10.3 Å². The van der Waals surface area contributed by atoms with Crippen LogP contribution in [0.4, 0.5) is 10.1 Å². The van der Waals surface area contributed by atoms with Gasteiger partial charge >= 0.3 is 0 Å². The molecule has 0 amide bonds. The molecule has 0 unspecified atom stereocenters. The Kier molecular flexibility index (Phi) is 5.88. The van der Waals surface area contributed by atoms with Crippen LogP contribution in [0.1, 0.15) is 32.8 Å². The monoisotopic (exact) mass is 456 g/mol. The van der Waals surface area contributed by atoms with Crippen molar-refractivity contribution in [2.75, 3.05) is 18.0 Å². The van der Waals surface area contributed by atoms with E-state index >= 15 is 4.39 Å². The van der Waals surface area contributed by atoms with Crippen molar-refractivity contribution in [1.29, 1.82) is 0 Å². The van der Waals surface area contributed by atoms with E-state index in [0.717, 1.165) is 31.5 Å². The van der Waals surface area contributed by atoms with Gasteiger partial charge in [0.15, 0.2) is 0 Å². The maximum Gasteiger partial charge on any atom is 0.211 e. The number of aromatic nitrogens is 1. The van der Waals surface area contributed by atoms with Crippen molar-refractivity contribution in [2.45, 2.75) is 43.4 Å². The molecule has 2 aromatic carbocycles. The van der Waals surface area contributed by atoms with Crippen molar-refractivity contribution in [3.05, 3.63) is 64.2 Å². The molecule has 2 atom stereocenters. The van der Waals surface area contributed by atoms with Crippen LogP contribution in [0.15, 0.2) is 57.2 Å². The third-order valence-corrected chi connectivity index (χ3v) is 8.13. The zero-order valence-corrected chi connectivity index (χ0v) is 19.7. The first kappa shape index (κ1) is 22.5. The number of fused-ring (bicyclic) bond motifs is 1. The maximum atomic E-state index is 15.2. The van der Waals surface area contributed by atoms with Crippen LogP contribution in [0.3, 0.4) is 0 Å². The predicted molar refractivity (Wildman–Crippen MR) is 126 cm³/mol. The van der Waals surface area contributed by atoms with Gasteiger partial charge in [0.1, 0.15) is 10.7 Å². The van der Waals surface area contributed by atoms with Crippen molar-refractivity contribution in [3.63, 3.8) is 0 Å². The fraction of sp³-hybridized carbons (Fsp3) is 0.400. The molecule has 1 saturated heterocycles. The Morgan fingerprint density at radius 2 is 1.69 bits per heavy atom. The summed E-state index contributed by atoms with van der Waals surface area (Å²) in [5, 5.41) is 0.0677. The lowest BCUT2D eigenvalue weighted by molar-refractivity contribution is 0.354. The average molecular weight is 457 g/mol. The van der Waals surface area contributed by atoms with Gasteiger partial charge in [-0.25, -0.2) is 12.8 Å². The quantitative estimate of drug-likeness (QED) is 0.578. The highest BCUT2D eigenvalue weighted by Crippen LogP contribution is 2.31. The Hall–Kier alpha value is -2.67. The van der Waals surface area contributed by atoms with E-state index in [1.807, 2.05) is 11.8 Å². The summed E-state index contributed by atoms with van der Waals surface area (Å²) in [7, 11) is -2.35. The molecule has 0 aliphatic carbocycles. The number of halogens is 1. The topological polar surface area (TPSA) is 59.4 Å². The third-order valence-electron chi connectivity index (χ3n) is 6.37. The normalized spacial score (nSPS) is 19.5. The summed E-state index contributed by atoms with van der Waals surface area (Å²) in [5.41, 5.74) is 1.30. The van der Waals surface area contributed by atoms with E-state index in [-0.39, 0.29) is 15.2 Å². The Morgan fingerprint density at radius 1 is 1.06 bits per heavy atom. The van der Waals surface area contributed by atoms with Crippen LogP contribution in [0.2, 0.25) is 0 Å². The fourth-order valence-corrected chi connectivity index (χ4v) is 6.19. The Balaban J connectivity index is 1.84. The van der Waals surface area contributed by atoms with Gasteiger partial charge in [-0.1, -0.05) is 32.9 Å². The predicted octanol–water partition coefficient (Wildman–Crippen LogP) is 4.56. The van der Waals surface area contributed by atoms with E-state index < -0.39 is 21.1 Å². The van der Waals surface area contributed by atoms with Gasteiger partial charge in [0.05, 0.1) is 21.5 Å². The summed E-state index contributed by atoms with van der Waals surface area (Å²) < 4.78 is 43.2.